The van der Waals surface area contributed by atoms with Gasteiger partial charge in [0, 0.05) is 27.7 Å². The standard InChI is InChI=1S/C56H41N/c1-55(2)49-28-16-15-27-48(49)53-52(55)36-40-20-12-13-25-45(40)54(53)57(43-32-30-39(31-33-43)38-18-6-3-7-19-38)44-34-35-47-46-26-14-17-29-50(46)56(51(47)37-44,41-21-8-4-9-22-41)42-23-10-5-11-24-42/h3-37H,1-2H3. The first-order valence-corrected chi connectivity index (χ1v) is 20.0. The van der Waals surface area contributed by atoms with Gasteiger partial charge in [-0.2, -0.15) is 0 Å². The molecule has 0 spiro atoms. The van der Waals surface area contributed by atoms with Crippen LogP contribution in [0.3, 0.4) is 0 Å². The van der Waals surface area contributed by atoms with E-state index in [2.05, 4.69) is 231 Å². The van der Waals surface area contributed by atoms with E-state index in [4.69, 9.17) is 0 Å². The zero-order chi connectivity index (χ0) is 38.1. The van der Waals surface area contributed by atoms with Crippen molar-refractivity contribution in [3.05, 3.63) is 246 Å². The quantitative estimate of drug-likeness (QED) is 0.165. The van der Waals surface area contributed by atoms with Crippen LogP contribution in [0.1, 0.15) is 47.2 Å². The van der Waals surface area contributed by atoms with Crippen LogP contribution in [0.5, 0.6) is 0 Å². The number of fused-ring (bicyclic) bond motifs is 7. The molecule has 0 fully saturated rings. The summed E-state index contributed by atoms with van der Waals surface area (Å²) in [6.45, 7) is 4.77. The minimum absolute atomic E-state index is 0.164. The number of hydrogen-bond acceptors (Lipinski definition) is 1. The predicted molar refractivity (Wildman–Crippen MR) is 239 cm³/mol. The number of rotatable bonds is 6. The molecule has 0 aromatic heterocycles. The Kier molecular flexibility index (Phi) is 7.50. The molecule has 2 aliphatic rings. The molecule has 270 valence electrons. The van der Waals surface area contributed by atoms with Gasteiger partial charge in [-0.25, -0.2) is 0 Å². The summed E-state index contributed by atoms with van der Waals surface area (Å²) in [5.41, 5.74) is 18.2. The highest BCUT2D eigenvalue weighted by molar-refractivity contribution is 6.10. The second-order valence-electron chi connectivity index (χ2n) is 16.0. The van der Waals surface area contributed by atoms with E-state index in [1.165, 1.54) is 83.2 Å². The summed E-state index contributed by atoms with van der Waals surface area (Å²) in [5.74, 6) is 0. The molecular formula is C56H41N. The molecule has 0 N–H and O–H groups in total. The Morgan fingerprint density at radius 3 is 1.60 bits per heavy atom. The summed E-state index contributed by atoms with van der Waals surface area (Å²) in [6, 6.07) is 78.8. The molecular weight excluding hydrogens is 687 g/mol. The summed E-state index contributed by atoms with van der Waals surface area (Å²) in [5, 5.41) is 2.48. The van der Waals surface area contributed by atoms with Crippen LogP contribution in [0.25, 0.3) is 44.2 Å². The lowest BCUT2D eigenvalue weighted by Gasteiger charge is -2.35. The molecule has 0 radical (unpaired) electrons. The van der Waals surface area contributed by atoms with Crippen molar-refractivity contribution in [3.8, 4) is 33.4 Å². The average molecular weight is 728 g/mol. The minimum atomic E-state index is -0.511. The van der Waals surface area contributed by atoms with Crippen molar-refractivity contribution in [2.24, 2.45) is 0 Å². The fourth-order valence-electron chi connectivity index (χ4n) is 10.1. The molecule has 9 aromatic carbocycles. The highest BCUT2D eigenvalue weighted by atomic mass is 15.1. The molecule has 11 rings (SSSR count). The fourth-order valence-corrected chi connectivity index (χ4v) is 10.1. The van der Waals surface area contributed by atoms with Gasteiger partial charge in [0.25, 0.3) is 0 Å². The van der Waals surface area contributed by atoms with Gasteiger partial charge in [-0.3, -0.25) is 0 Å². The van der Waals surface area contributed by atoms with E-state index in [-0.39, 0.29) is 5.41 Å². The van der Waals surface area contributed by atoms with Crippen LogP contribution in [0.2, 0.25) is 0 Å². The smallest absolute Gasteiger partial charge is 0.0714 e. The number of benzene rings is 9. The third kappa shape index (κ3) is 4.89. The molecule has 0 amide bonds. The molecule has 0 aliphatic heterocycles. The van der Waals surface area contributed by atoms with Gasteiger partial charge in [0.15, 0.2) is 0 Å². The molecule has 57 heavy (non-hydrogen) atoms. The van der Waals surface area contributed by atoms with E-state index >= 15 is 0 Å². The summed E-state index contributed by atoms with van der Waals surface area (Å²) in [7, 11) is 0. The highest BCUT2D eigenvalue weighted by Gasteiger charge is 2.46. The van der Waals surface area contributed by atoms with Gasteiger partial charge in [0.2, 0.25) is 0 Å². The van der Waals surface area contributed by atoms with E-state index in [1.807, 2.05) is 0 Å². The minimum Gasteiger partial charge on any atom is -0.309 e. The average Bonchev–Trinajstić information content (AvgIpc) is 3.70. The van der Waals surface area contributed by atoms with Gasteiger partial charge in [0.05, 0.1) is 11.1 Å². The fraction of sp³-hybridized carbons (Fsp3) is 0.0714. The van der Waals surface area contributed by atoms with E-state index in [1.54, 1.807) is 0 Å². The summed E-state index contributed by atoms with van der Waals surface area (Å²) < 4.78 is 0. The Morgan fingerprint density at radius 1 is 0.368 bits per heavy atom. The van der Waals surface area contributed by atoms with Gasteiger partial charge >= 0.3 is 0 Å². The van der Waals surface area contributed by atoms with Gasteiger partial charge < -0.3 is 4.90 Å². The lowest BCUT2D eigenvalue weighted by molar-refractivity contribution is 0.661. The van der Waals surface area contributed by atoms with Crippen LogP contribution in [0.4, 0.5) is 17.1 Å². The third-order valence-corrected chi connectivity index (χ3v) is 12.7. The van der Waals surface area contributed by atoms with Crippen molar-refractivity contribution in [3.63, 3.8) is 0 Å². The Bertz CT molecular complexity index is 2920. The second kappa shape index (κ2) is 12.8. The molecule has 0 atom stereocenters. The van der Waals surface area contributed by atoms with Gasteiger partial charge in [-0.05, 0) is 96.9 Å². The van der Waals surface area contributed by atoms with Crippen molar-refractivity contribution < 1.29 is 0 Å². The molecule has 1 nitrogen and oxygen atoms in total. The SMILES string of the molecule is CC1(C)c2ccccc2-c2c1cc1ccccc1c2N(c1ccc(-c2ccccc2)cc1)c1ccc2c(c1)C(c1ccccc1)(c1ccccc1)c1ccccc1-2. The van der Waals surface area contributed by atoms with Crippen LogP contribution < -0.4 is 4.90 Å². The Morgan fingerprint density at radius 2 is 0.895 bits per heavy atom. The molecule has 1 heteroatoms. The van der Waals surface area contributed by atoms with Crippen LogP contribution >= 0.6 is 0 Å². The zero-order valence-corrected chi connectivity index (χ0v) is 32.2. The topological polar surface area (TPSA) is 3.24 Å². The first-order chi connectivity index (χ1) is 28.0. The highest BCUT2D eigenvalue weighted by Crippen LogP contribution is 2.60. The first kappa shape index (κ1) is 33.4. The van der Waals surface area contributed by atoms with Crippen LogP contribution in [-0.4, -0.2) is 0 Å². The van der Waals surface area contributed by atoms with Crippen LogP contribution in [-0.2, 0) is 10.8 Å². The van der Waals surface area contributed by atoms with E-state index in [9.17, 15) is 0 Å². The van der Waals surface area contributed by atoms with Gasteiger partial charge in [0.1, 0.15) is 0 Å². The molecule has 0 unspecified atom stereocenters. The predicted octanol–water partition coefficient (Wildman–Crippen LogP) is 14.6. The zero-order valence-electron chi connectivity index (χ0n) is 32.2. The molecule has 0 heterocycles. The van der Waals surface area contributed by atoms with Gasteiger partial charge in [-0.1, -0.05) is 196 Å². The Labute approximate surface area is 335 Å². The van der Waals surface area contributed by atoms with Crippen molar-refractivity contribution in [2.45, 2.75) is 24.7 Å². The molecule has 0 saturated heterocycles. The van der Waals surface area contributed by atoms with E-state index in [0.717, 1.165) is 11.4 Å². The molecule has 0 bridgehead atoms. The third-order valence-electron chi connectivity index (χ3n) is 12.7. The maximum Gasteiger partial charge on any atom is 0.0714 e. The summed E-state index contributed by atoms with van der Waals surface area (Å²) >= 11 is 0. The van der Waals surface area contributed by atoms with Crippen molar-refractivity contribution in [2.75, 3.05) is 4.90 Å². The largest absolute Gasteiger partial charge is 0.309 e. The maximum absolute atomic E-state index is 2.55. The van der Waals surface area contributed by atoms with Crippen molar-refractivity contribution in [1.29, 1.82) is 0 Å². The number of nitrogens with zero attached hydrogens (tertiary/aromatic N) is 1. The monoisotopic (exact) mass is 727 g/mol. The Hall–Kier alpha value is -6.96. The van der Waals surface area contributed by atoms with E-state index in [0.29, 0.717) is 0 Å². The van der Waals surface area contributed by atoms with Crippen LogP contribution in [0.15, 0.2) is 212 Å². The first-order valence-electron chi connectivity index (χ1n) is 20.0. The molecule has 0 saturated carbocycles. The van der Waals surface area contributed by atoms with E-state index < -0.39 is 5.41 Å². The van der Waals surface area contributed by atoms with Crippen molar-refractivity contribution >= 4 is 27.8 Å². The summed E-state index contributed by atoms with van der Waals surface area (Å²) in [4.78, 5) is 2.55. The molecule has 2 aliphatic carbocycles. The van der Waals surface area contributed by atoms with Crippen LogP contribution in [0, 0.1) is 0 Å². The maximum atomic E-state index is 2.55. The number of hydrogen-bond donors (Lipinski definition) is 0. The summed E-state index contributed by atoms with van der Waals surface area (Å²) in [6.07, 6.45) is 0. The second-order valence-corrected chi connectivity index (χ2v) is 16.0. The molecule has 9 aromatic rings. The lowest BCUT2D eigenvalue weighted by Crippen LogP contribution is -2.28. The lowest BCUT2D eigenvalue weighted by atomic mass is 9.67. The van der Waals surface area contributed by atoms with Crippen molar-refractivity contribution in [1.82, 2.24) is 0 Å². The van der Waals surface area contributed by atoms with Gasteiger partial charge in [-0.15, -0.1) is 0 Å². The normalized spacial score (nSPS) is 14.1. The Balaban J connectivity index is 1.24. The number of anilines is 3.